The Morgan fingerprint density at radius 3 is 2.20 bits per heavy atom. The van der Waals surface area contributed by atoms with Gasteiger partial charge in [0.1, 0.15) is 0 Å². The quantitative estimate of drug-likeness (QED) is 0.540. The van der Waals surface area contributed by atoms with Gasteiger partial charge in [0.15, 0.2) is 0 Å². The van der Waals surface area contributed by atoms with E-state index in [1.807, 2.05) is 6.07 Å². The van der Waals surface area contributed by atoms with E-state index in [0.717, 1.165) is 0 Å². The van der Waals surface area contributed by atoms with Gasteiger partial charge < -0.3 is 0 Å². The van der Waals surface area contributed by atoms with E-state index in [0.29, 0.717) is 10.8 Å². The number of hydrogen-bond donors (Lipinski definition) is 0. The van der Waals surface area contributed by atoms with E-state index in [1.165, 1.54) is 25.7 Å². The standard InChI is InChI=1S/C9H11N/c10-6-1-7-8(2-3-8)9(7)4-5-9/h7H,1-5H2/i1D2. The van der Waals surface area contributed by atoms with Crippen LogP contribution in [0.1, 0.15) is 34.8 Å². The Kier molecular flexibility index (Phi) is 0.426. The van der Waals surface area contributed by atoms with Gasteiger partial charge in [-0.2, -0.15) is 5.26 Å². The van der Waals surface area contributed by atoms with Crippen LogP contribution in [0.3, 0.4) is 0 Å². The van der Waals surface area contributed by atoms with Crippen LogP contribution in [0.5, 0.6) is 0 Å². The lowest BCUT2D eigenvalue weighted by Crippen LogP contribution is -1.76. The summed E-state index contributed by atoms with van der Waals surface area (Å²) < 4.78 is 15.2. The summed E-state index contributed by atoms with van der Waals surface area (Å²) in [5.41, 5.74) is 0.623. The monoisotopic (exact) mass is 135 g/mol. The molecule has 0 aromatic rings. The van der Waals surface area contributed by atoms with Gasteiger partial charge in [-0.05, 0) is 42.4 Å². The summed E-state index contributed by atoms with van der Waals surface area (Å²) in [6, 6.07) is 1.83. The molecule has 0 radical (unpaired) electrons. The van der Waals surface area contributed by atoms with Crippen LogP contribution in [0, 0.1) is 28.1 Å². The van der Waals surface area contributed by atoms with Crippen molar-refractivity contribution in [1.82, 2.24) is 0 Å². The fraction of sp³-hybridized carbons (Fsp3) is 0.889. The van der Waals surface area contributed by atoms with Crippen molar-refractivity contribution >= 4 is 0 Å². The van der Waals surface area contributed by atoms with Crippen molar-refractivity contribution in [1.29, 1.82) is 5.26 Å². The highest BCUT2D eigenvalue weighted by Crippen LogP contribution is 2.93. The molecule has 10 heavy (non-hydrogen) atoms. The SMILES string of the molecule is [2H]C([2H])(C#N)C1C2(CC2)C12CC2. The van der Waals surface area contributed by atoms with E-state index in [-0.39, 0.29) is 5.92 Å². The molecule has 3 saturated carbocycles. The van der Waals surface area contributed by atoms with E-state index in [1.54, 1.807) is 0 Å². The highest BCUT2D eigenvalue weighted by molar-refractivity contribution is 5.35. The first-order valence-electron chi connectivity index (χ1n) is 5.00. The lowest BCUT2D eigenvalue weighted by Gasteiger charge is -1.80. The van der Waals surface area contributed by atoms with Gasteiger partial charge in [0.05, 0.1) is 6.07 Å². The van der Waals surface area contributed by atoms with Crippen molar-refractivity contribution in [3.05, 3.63) is 0 Å². The molecule has 0 N–H and O–H groups in total. The third-order valence-electron chi connectivity index (χ3n) is 3.80. The molecule has 52 valence electrons. The second-order valence-corrected chi connectivity index (χ2v) is 4.00. The van der Waals surface area contributed by atoms with Crippen molar-refractivity contribution in [2.45, 2.75) is 32.1 Å². The lowest BCUT2D eigenvalue weighted by atomic mass is 10.2. The molecule has 0 saturated heterocycles. The molecule has 0 atom stereocenters. The summed E-state index contributed by atoms with van der Waals surface area (Å²) in [6.45, 7) is 0. The highest BCUT2D eigenvalue weighted by atomic mass is 14.9. The second kappa shape index (κ2) is 1.13. The molecule has 0 aliphatic heterocycles. The summed E-state index contributed by atoms with van der Waals surface area (Å²) >= 11 is 0. The molecule has 1 nitrogen and oxygen atoms in total. The predicted molar refractivity (Wildman–Crippen MR) is 37.1 cm³/mol. The molecule has 2 spiro atoms. The molecule has 3 fully saturated rings. The van der Waals surface area contributed by atoms with Crippen LogP contribution in [0.15, 0.2) is 0 Å². The van der Waals surface area contributed by atoms with Crippen molar-refractivity contribution in [3.8, 4) is 6.07 Å². The maximum absolute atomic E-state index is 8.70. The molecular weight excluding hydrogens is 122 g/mol. The largest absolute Gasteiger partial charge is 0.198 e. The van der Waals surface area contributed by atoms with E-state index < -0.39 is 6.37 Å². The molecular formula is C9H11N. The maximum Gasteiger partial charge on any atom is 0.0625 e. The Balaban J connectivity index is 1.94. The average molecular weight is 135 g/mol. The van der Waals surface area contributed by atoms with Gasteiger partial charge in [0, 0.05) is 9.11 Å². The minimum Gasteiger partial charge on any atom is -0.198 e. The van der Waals surface area contributed by atoms with Crippen molar-refractivity contribution < 1.29 is 2.74 Å². The lowest BCUT2D eigenvalue weighted by molar-refractivity contribution is 0.716. The fourth-order valence-electron chi connectivity index (χ4n) is 2.92. The van der Waals surface area contributed by atoms with Gasteiger partial charge >= 0.3 is 0 Å². The normalized spacial score (nSPS) is 45.7. The molecule has 0 heterocycles. The second-order valence-electron chi connectivity index (χ2n) is 4.00. The maximum atomic E-state index is 8.70. The van der Waals surface area contributed by atoms with E-state index in [4.69, 9.17) is 8.00 Å². The minimum absolute atomic E-state index is 0.0856. The number of rotatable bonds is 1. The van der Waals surface area contributed by atoms with E-state index >= 15 is 0 Å². The molecule has 0 bridgehead atoms. The molecule has 3 aliphatic rings. The first-order valence-corrected chi connectivity index (χ1v) is 4.00. The van der Waals surface area contributed by atoms with E-state index in [9.17, 15) is 0 Å². The third-order valence-corrected chi connectivity index (χ3v) is 3.80. The minimum atomic E-state index is -1.55. The summed E-state index contributed by atoms with van der Waals surface area (Å²) in [6.07, 6.45) is 3.17. The molecule has 0 unspecified atom stereocenters. The zero-order valence-electron chi connectivity index (χ0n) is 7.85. The fourth-order valence-corrected chi connectivity index (χ4v) is 2.92. The first-order chi connectivity index (χ1) is 5.59. The molecule has 0 amide bonds. The van der Waals surface area contributed by atoms with Crippen LogP contribution in [0.25, 0.3) is 0 Å². The topological polar surface area (TPSA) is 23.8 Å². The zero-order chi connectivity index (χ0) is 8.61. The van der Waals surface area contributed by atoms with Crippen LogP contribution in [-0.4, -0.2) is 0 Å². The van der Waals surface area contributed by atoms with Gasteiger partial charge in [-0.3, -0.25) is 0 Å². The summed E-state index contributed by atoms with van der Waals surface area (Å²) in [5, 5.41) is 8.70. The van der Waals surface area contributed by atoms with Crippen LogP contribution >= 0.6 is 0 Å². The Bertz CT molecular complexity index is 276. The first kappa shape index (κ1) is 3.76. The Labute approximate surface area is 63.8 Å². The summed E-state index contributed by atoms with van der Waals surface area (Å²) in [5.74, 6) is 0.0856. The van der Waals surface area contributed by atoms with Crippen molar-refractivity contribution in [3.63, 3.8) is 0 Å². The Hall–Kier alpha value is -0.510. The molecule has 3 rings (SSSR count). The van der Waals surface area contributed by atoms with Crippen molar-refractivity contribution in [2.75, 3.05) is 0 Å². The van der Waals surface area contributed by atoms with Crippen LogP contribution in [0.4, 0.5) is 0 Å². The van der Waals surface area contributed by atoms with Crippen LogP contribution in [0.2, 0.25) is 0 Å². The van der Waals surface area contributed by atoms with Gasteiger partial charge in [0.25, 0.3) is 0 Å². The van der Waals surface area contributed by atoms with Gasteiger partial charge in [-0.1, -0.05) is 0 Å². The highest BCUT2D eigenvalue weighted by Gasteiger charge is 2.85. The smallest absolute Gasteiger partial charge is 0.0625 e. The average Bonchev–Trinajstić information content (AvgIpc) is 2.83. The van der Waals surface area contributed by atoms with Crippen LogP contribution < -0.4 is 0 Å². The predicted octanol–water partition coefficient (Wildman–Crippen LogP) is 2.09. The molecule has 1 heteroatoms. The third kappa shape index (κ3) is 0.318. The van der Waals surface area contributed by atoms with Crippen LogP contribution in [-0.2, 0) is 0 Å². The molecule has 3 aliphatic carbocycles. The Morgan fingerprint density at radius 1 is 1.40 bits per heavy atom. The zero-order valence-corrected chi connectivity index (χ0v) is 5.85. The van der Waals surface area contributed by atoms with Gasteiger partial charge in [-0.15, -0.1) is 0 Å². The van der Waals surface area contributed by atoms with Gasteiger partial charge in [0.2, 0.25) is 0 Å². The van der Waals surface area contributed by atoms with E-state index in [2.05, 4.69) is 0 Å². The molecule has 0 aromatic heterocycles. The number of nitrogens with zero attached hydrogens (tertiary/aromatic N) is 1. The summed E-state index contributed by atoms with van der Waals surface area (Å²) in [4.78, 5) is 0. The Morgan fingerprint density at radius 2 is 1.90 bits per heavy atom. The van der Waals surface area contributed by atoms with Crippen molar-refractivity contribution in [2.24, 2.45) is 16.7 Å². The number of fused-ring (bicyclic) bond motifs is 1. The summed E-state index contributed by atoms with van der Waals surface area (Å²) in [7, 11) is 0. The number of hydrogen-bond acceptors (Lipinski definition) is 1. The number of nitriles is 1. The molecule has 0 aromatic carbocycles. The van der Waals surface area contributed by atoms with Gasteiger partial charge in [-0.25, -0.2) is 0 Å².